The highest BCUT2D eigenvalue weighted by Gasteiger charge is 2.26. The van der Waals surface area contributed by atoms with E-state index in [1.807, 2.05) is 30.3 Å². The number of carbonyl (C=O) groups is 1. The fourth-order valence-corrected chi connectivity index (χ4v) is 3.76. The molecular formula is C20H19N3O4S. The molecule has 2 heterocycles. The van der Waals surface area contributed by atoms with Gasteiger partial charge >= 0.3 is 0 Å². The number of aromatic nitrogens is 1. The Morgan fingerprint density at radius 2 is 1.82 bits per heavy atom. The smallest absolute Gasteiger partial charge is 0.254 e. The van der Waals surface area contributed by atoms with Crippen LogP contribution in [0.15, 0.2) is 63.9 Å². The van der Waals surface area contributed by atoms with E-state index in [9.17, 15) is 13.2 Å². The van der Waals surface area contributed by atoms with Crippen LogP contribution in [0.4, 0.5) is 0 Å². The van der Waals surface area contributed by atoms with Crippen LogP contribution in [0.5, 0.6) is 0 Å². The molecule has 0 fully saturated rings. The van der Waals surface area contributed by atoms with E-state index in [0.29, 0.717) is 37.4 Å². The van der Waals surface area contributed by atoms with Crippen molar-refractivity contribution in [3.8, 4) is 0 Å². The van der Waals surface area contributed by atoms with Gasteiger partial charge in [-0.25, -0.2) is 18.5 Å². The van der Waals surface area contributed by atoms with Gasteiger partial charge in [0.05, 0.1) is 11.4 Å². The van der Waals surface area contributed by atoms with Gasteiger partial charge in [-0.3, -0.25) is 4.79 Å². The summed E-state index contributed by atoms with van der Waals surface area (Å²) in [7, 11) is -3.78. The number of hydrogen-bond acceptors (Lipinski definition) is 5. The third kappa shape index (κ3) is 3.83. The Labute approximate surface area is 162 Å². The minimum atomic E-state index is -3.78. The summed E-state index contributed by atoms with van der Waals surface area (Å²) >= 11 is 0. The van der Waals surface area contributed by atoms with E-state index in [1.165, 1.54) is 24.3 Å². The predicted octanol–water partition coefficient (Wildman–Crippen LogP) is 2.11. The second-order valence-corrected chi connectivity index (χ2v) is 8.25. The molecule has 1 aliphatic heterocycles. The van der Waals surface area contributed by atoms with Crippen LogP contribution >= 0.6 is 0 Å². The fraction of sp³-hybridized carbons (Fsp3) is 0.200. The molecule has 1 aromatic heterocycles. The number of sulfonamides is 1. The van der Waals surface area contributed by atoms with Crippen LogP contribution in [0.1, 0.15) is 33.3 Å². The molecule has 0 saturated carbocycles. The zero-order valence-corrected chi connectivity index (χ0v) is 15.9. The van der Waals surface area contributed by atoms with Crippen LogP contribution in [-0.2, 0) is 29.4 Å². The van der Waals surface area contributed by atoms with Crippen molar-refractivity contribution in [1.29, 1.82) is 0 Å². The molecule has 7 nitrogen and oxygen atoms in total. The number of amides is 1. The molecule has 4 rings (SSSR count). The lowest BCUT2D eigenvalue weighted by molar-refractivity contribution is 0.0728. The molecule has 3 aromatic rings. The molecule has 0 radical (unpaired) electrons. The Morgan fingerprint density at radius 1 is 1.11 bits per heavy atom. The van der Waals surface area contributed by atoms with Crippen molar-refractivity contribution in [1.82, 2.24) is 9.88 Å². The fourth-order valence-electron chi connectivity index (χ4n) is 3.24. The second kappa shape index (κ2) is 7.21. The molecule has 1 aliphatic rings. The summed E-state index contributed by atoms with van der Waals surface area (Å²) in [5.74, 6) is 1.28. The summed E-state index contributed by atoms with van der Waals surface area (Å²) < 4.78 is 28.6. The minimum absolute atomic E-state index is 0.0213. The zero-order chi connectivity index (χ0) is 19.7. The molecule has 0 bridgehead atoms. The lowest BCUT2D eigenvalue weighted by Crippen LogP contribution is -2.35. The summed E-state index contributed by atoms with van der Waals surface area (Å²) in [6, 6.07) is 15.6. The first-order chi connectivity index (χ1) is 13.4. The number of benzene rings is 2. The highest BCUT2D eigenvalue weighted by molar-refractivity contribution is 7.89. The molecule has 2 N–H and O–H groups in total. The summed E-state index contributed by atoms with van der Waals surface area (Å²) in [6.45, 7) is 0.881. The van der Waals surface area contributed by atoms with E-state index in [4.69, 9.17) is 9.56 Å². The molecule has 0 spiro atoms. The first-order valence-corrected chi connectivity index (χ1v) is 10.4. The molecule has 0 saturated heterocycles. The summed E-state index contributed by atoms with van der Waals surface area (Å²) in [5, 5.41) is 5.09. The number of primary sulfonamides is 1. The van der Waals surface area contributed by atoms with E-state index in [1.54, 1.807) is 4.90 Å². The van der Waals surface area contributed by atoms with Crippen molar-refractivity contribution in [2.45, 2.75) is 24.3 Å². The molecule has 0 unspecified atom stereocenters. The zero-order valence-electron chi connectivity index (χ0n) is 15.0. The van der Waals surface area contributed by atoms with Crippen molar-refractivity contribution >= 4 is 15.9 Å². The lowest BCUT2D eigenvalue weighted by Gasteiger charge is -2.25. The molecule has 0 atom stereocenters. The monoisotopic (exact) mass is 397 g/mol. The van der Waals surface area contributed by atoms with Crippen LogP contribution in [0.2, 0.25) is 0 Å². The van der Waals surface area contributed by atoms with Gasteiger partial charge in [0.15, 0.2) is 5.89 Å². The molecular weight excluding hydrogens is 378 g/mol. The van der Waals surface area contributed by atoms with Crippen molar-refractivity contribution < 1.29 is 17.6 Å². The summed E-state index contributed by atoms with van der Waals surface area (Å²) in [4.78, 5) is 19.0. The molecule has 28 heavy (non-hydrogen) atoms. The third-order valence-electron chi connectivity index (χ3n) is 4.69. The van der Waals surface area contributed by atoms with Gasteiger partial charge in [0.25, 0.3) is 5.91 Å². The number of fused-ring (bicyclic) bond motifs is 1. The average Bonchev–Trinajstić information content (AvgIpc) is 3.09. The van der Waals surface area contributed by atoms with Crippen LogP contribution in [0.3, 0.4) is 0 Å². The molecule has 144 valence electrons. The maximum absolute atomic E-state index is 12.8. The van der Waals surface area contributed by atoms with Gasteiger partial charge in [0.2, 0.25) is 10.0 Å². The molecule has 2 aromatic carbocycles. The molecule has 8 heteroatoms. The highest BCUT2D eigenvalue weighted by atomic mass is 32.2. The number of oxazole rings is 1. The predicted molar refractivity (Wildman–Crippen MR) is 102 cm³/mol. The Kier molecular flexibility index (Phi) is 4.74. The van der Waals surface area contributed by atoms with E-state index >= 15 is 0 Å². The number of hydrogen-bond donors (Lipinski definition) is 1. The standard InChI is InChI=1S/C20H19N3O4S/c21-28(25,26)16-8-6-15(7-9-16)20(24)23-11-10-18-17(13-23)22-19(27-18)12-14-4-2-1-3-5-14/h1-9H,10-13H2,(H2,21,25,26). The quantitative estimate of drug-likeness (QED) is 0.726. The van der Waals surface area contributed by atoms with Crippen molar-refractivity contribution in [3.05, 3.63) is 83.1 Å². The second-order valence-electron chi connectivity index (χ2n) is 6.69. The first kappa shape index (κ1) is 18.4. The Balaban J connectivity index is 1.48. The minimum Gasteiger partial charge on any atom is -0.445 e. The van der Waals surface area contributed by atoms with Gasteiger partial charge in [-0.2, -0.15) is 0 Å². The van der Waals surface area contributed by atoms with E-state index in [2.05, 4.69) is 4.98 Å². The van der Waals surface area contributed by atoms with Crippen LogP contribution in [0, 0.1) is 0 Å². The lowest BCUT2D eigenvalue weighted by atomic mass is 10.1. The van der Waals surface area contributed by atoms with Gasteiger partial charge in [-0.15, -0.1) is 0 Å². The van der Waals surface area contributed by atoms with Crippen LogP contribution in [-0.4, -0.2) is 30.8 Å². The normalized spacial score (nSPS) is 14.0. The Hall–Kier alpha value is -2.97. The van der Waals surface area contributed by atoms with Gasteiger partial charge in [0.1, 0.15) is 11.5 Å². The highest BCUT2D eigenvalue weighted by Crippen LogP contribution is 2.23. The van der Waals surface area contributed by atoms with Gasteiger partial charge in [-0.05, 0) is 29.8 Å². The number of nitrogens with two attached hydrogens (primary N) is 1. The number of rotatable bonds is 4. The van der Waals surface area contributed by atoms with Gasteiger partial charge in [0, 0.05) is 24.9 Å². The van der Waals surface area contributed by atoms with Crippen molar-refractivity contribution in [2.24, 2.45) is 5.14 Å². The van der Waals surface area contributed by atoms with Crippen LogP contribution < -0.4 is 5.14 Å². The molecule has 1 amide bonds. The van der Waals surface area contributed by atoms with E-state index in [0.717, 1.165) is 17.0 Å². The number of carbonyl (C=O) groups excluding carboxylic acids is 1. The Bertz CT molecular complexity index is 1110. The summed E-state index contributed by atoms with van der Waals surface area (Å²) in [5.41, 5.74) is 2.29. The number of nitrogens with zero attached hydrogens (tertiary/aromatic N) is 2. The maximum Gasteiger partial charge on any atom is 0.254 e. The third-order valence-corrected chi connectivity index (χ3v) is 5.62. The van der Waals surface area contributed by atoms with Gasteiger partial charge in [-0.1, -0.05) is 30.3 Å². The summed E-state index contributed by atoms with van der Waals surface area (Å²) in [6.07, 6.45) is 1.20. The largest absolute Gasteiger partial charge is 0.445 e. The maximum atomic E-state index is 12.8. The van der Waals surface area contributed by atoms with E-state index < -0.39 is 10.0 Å². The first-order valence-electron chi connectivity index (χ1n) is 8.84. The SMILES string of the molecule is NS(=O)(=O)c1ccc(C(=O)N2CCc3oc(Cc4ccccc4)nc3C2)cc1. The Morgan fingerprint density at radius 3 is 2.50 bits per heavy atom. The van der Waals surface area contributed by atoms with Crippen LogP contribution in [0.25, 0.3) is 0 Å². The van der Waals surface area contributed by atoms with Gasteiger partial charge < -0.3 is 9.32 Å². The van der Waals surface area contributed by atoms with Crippen molar-refractivity contribution in [2.75, 3.05) is 6.54 Å². The van der Waals surface area contributed by atoms with Crippen molar-refractivity contribution in [3.63, 3.8) is 0 Å². The van der Waals surface area contributed by atoms with E-state index in [-0.39, 0.29) is 10.8 Å². The average molecular weight is 397 g/mol. The topological polar surface area (TPSA) is 106 Å². The molecule has 0 aliphatic carbocycles.